The molecule has 0 aliphatic rings. The van der Waals surface area contributed by atoms with Crippen molar-refractivity contribution in [3.63, 3.8) is 0 Å². The van der Waals surface area contributed by atoms with Crippen LogP contribution in [0.2, 0.25) is 14.8 Å². The monoisotopic (exact) mass is 588 g/mol. The fourth-order valence-electron chi connectivity index (χ4n) is 2.06. The van der Waals surface area contributed by atoms with Crippen LogP contribution in [-0.2, 0) is 0 Å². The van der Waals surface area contributed by atoms with Crippen molar-refractivity contribution in [2.24, 2.45) is 0 Å². The first-order valence-electron chi connectivity index (χ1n) is 9.48. The first-order valence-corrected chi connectivity index (χ1v) is 22.3. The van der Waals surface area contributed by atoms with Crippen molar-refractivity contribution >= 4 is 39.5 Å². The summed E-state index contributed by atoms with van der Waals surface area (Å²) in [4.78, 5) is 7.09. The van der Waals surface area contributed by atoms with Crippen molar-refractivity contribution in [1.82, 2.24) is 0 Å². The van der Waals surface area contributed by atoms with Gasteiger partial charge < -0.3 is 0 Å². The molecule has 0 amide bonds. The third kappa shape index (κ3) is 10.9. The van der Waals surface area contributed by atoms with Crippen LogP contribution in [-0.4, -0.2) is 39.5 Å². The molecule has 0 aliphatic heterocycles. The molecule has 0 bridgehead atoms. The fourth-order valence-corrected chi connectivity index (χ4v) is 4.90. The van der Waals surface area contributed by atoms with E-state index >= 15 is 0 Å². The zero-order valence-electron chi connectivity index (χ0n) is 17.2. The molecule has 0 aliphatic carbocycles. The predicted molar refractivity (Wildman–Crippen MR) is 129 cm³/mol. The first kappa shape index (κ1) is 23.2. The molecule has 0 aromatic heterocycles. The van der Waals surface area contributed by atoms with Gasteiger partial charge in [-0.3, -0.25) is 0 Å². The van der Waals surface area contributed by atoms with Gasteiger partial charge >= 0.3 is 192 Å². The van der Waals surface area contributed by atoms with Crippen molar-refractivity contribution in [3.05, 3.63) is 108 Å². The van der Waals surface area contributed by atoms with E-state index in [4.69, 9.17) is 0 Å². The van der Waals surface area contributed by atoms with Gasteiger partial charge in [-0.25, -0.2) is 0 Å². The second kappa shape index (κ2) is 14.0. The summed E-state index contributed by atoms with van der Waals surface area (Å²) in [6, 6.07) is 30.1. The average Bonchev–Trinajstić information content (AvgIpc) is 2.75. The molecule has 0 nitrogen and oxygen atoms in total. The Hall–Kier alpha value is -2.06. The van der Waals surface area contributed by atoms with Gasteiger partial charge in [0.25, 0.3) is 0 Å². The van der Waals surface area contributed by atoms with Crippen LogP contribution in [0.4, 0.5) is 0 Å². The van der Waals surface area contributed by atoms with E-state index in [1.165, 1.54) is 0 Å². The quantitative estimate of drug-likeness (QED) is 0.237. The third-order valence-corrected chi connectivity index (χ3v) is 6.53. The molecular formula is C27H24Sn2. The Bertz CT molecular complexity index is 897. The van der Waals surface area contributed by atoms with Gasteiger partial charge in [0.15, 0.2) is 0 Å². The number of hydrogen-bond donors (Lipinski definition) is 0. The summed E-state index contributed by atoms with van der Waals surface area (Å²) < 4.78 is 10.1. The summed E-state index contributed by atoms with van der Waals surface area (Å²) >= 11 is -3.00. The Kier molecular flexibility index (Phi) is 11.2. The van der Waals surface area contributed by atoms with Crippen molar-refractivity contribution in [1.29, 1.82) is 0 Å². The van der Waals surface area contributed by atoms with E-state index in [2.05, 4.69) is 44.4 Å². The van der Waals surface area contributed by atoms with Gasteiger partial charge in [-0.2, -0.15) is 0 Å². The molecule has 2 radical (unpaired) electrons. The summed E-state index contributed by atoms with van der Waals surface area (Å²) in [7, 11) is 0. The number of hydrogen-bond acceptors (Lipinski definition) is 0. The summed E-state index contributed by atoms with van der Waals surface area (Å²) in [5.74, 6) is 9.75. The molecule has 2 heteroatoms. The van der Waals surface area contributed by atoms with Crippen LogP contribution in [0, 0.1) is 29.6 Å². The summed E-state index contributed by atoms with van der Waals surface area (Å²) in [6.07, 6.45) is 0. The SMILES string of the molecule is C(#[C][Sn]([C]#Cc1ccccc1)[C]#Cc1ccccc1)c1ccccc1.[CH3][Sn]([CH3])[CH3]. The van der Waals surface area contributed by atoms with E-state index in [-0.39, 0.29) is 0 Å². The molecule has 3 rings (SSSR count). The Morgan fingerprint density at radius 1 is 0.448 bits per heavy atom. The number of benzene rings is 3. The van der Waals surface area contributed by atoms with E-state index in [0.717, 1.165) is 16.7 Å². The molecule has 0 saturated heterocycles. The Balaban J connectivity index is 0.000000687. The molecule has 140 valence electrons. The van der Waals surface area contributed by atoms with Crippen molar-refractivity contribution in [3.8, 4) is 29.6 Å². The van der Waals surface area contributed by atoms with Crippen LogP contribution >= 0.6 is 0 Å². The molecule has 0 spiro atoms. The molecule has 0 atom stereocenters. The summed E-state index contributed by atoms with van der Waals surface area (Å²) in [5, 5.41) is 0. The predicted octanol–water partition coefficient (Wildman–Crippen LogP) is 5.62. The molecule has 0 heterocycles. The molecule has 0 unspecified atom stereocenters. The van der Waals surface area contributed by atoms with Crippen molar-refractivity contribution < 1.29 is 0 Å². The Morgan fingerprint density at radius 2 is 0.690 bits per heavy atom. The van der Waals surface area contributed by atoms with Gasteiger partial charge in [-0.1, -0.05) is 0 Å². The van der Waals surface area contributed by atoms with Gasteiger partial charge in [0, 0.05) is 0 Å². The molecule has 29 heavy (non-hydrogen) atoms. The van der Waals surface area contributed by atoms with Crippen LogP contribution < -0.4 is 0 Å². The van der Waals surface area contributed by atoms with Gasteiger partial charge in [0.2, 0.25) is 0 Å². The minimum atomic E-state index is -2.46. The summed E-state index contributed by atoms with van der Waals surface area (Å²) in [5.41, 5.74) is 3.05. The van der Waals surface area contributed by atoms with E-state index in [0.29, 0.717) is 0 Å². The fraction of sp³-hybridized carbons (Fsp3) is 0.111. The minimum absolute atomic E-state index is 0.543. The van der Waals surface area contributed by atoms with E-state index in [9.17, 15) is 0 Å². The zero-order valence-corrected chi connectivity index (χ0v) is 22.9. The molecule has 0 N–H and O–H groups in total. The van der Waals surface area contributed by atoms with Gasteiger partial charge in [0.05, 0.1) is 0 Å². The van der Waals surface area contributed by atoms with Gasteiger partial charge in [-0.05, 0) is 0 Å². The van der Waals surface area contributed by atoms with Gasteiger partial charge in [-0.15, -0.1) is 0 Å². The maximum atomic E-state index is 3.38. The van der Waals surface area contributed by atoms with Crippen LogP contribution in [0.3, 0.4) is 0 Å². The van der Waals surface area contributed by atoms with E-state index < -0.39 is 39.5 Å². The van der Waals surface area contributed by atoms with Crippen LogP contribution in [0.1, 0.15) is 16.7 Å². The Morgan fingerprint density at radius 3 is 0.931 bits per heavy atom. The first-order chi connectivity index (χ1) is 14.1. The van der Waals surface area contributed by atoms with Crippen molar-refractivity contribution in [2.75, 3.05) is 0 Å². The topological polar surface area (TPSA) is 0 Å². The third-order valence-electron chi connectivity index (χ3n) is 3.32. The molecule has 0 saturated carbocycles. The molecule has 0 fully saturated rings. The normalized spacial score (nSPS) is 9.00. The second-order valence-corrected chi connectivity index (χ2v) is 19.6. The van der Waals surface area contributed by atoms with E-state index in [1.54, 1.807) is 0 Å². The standard InChI is InChI=1S/3C8H5.3CH3.2Sn/c3*1-2-8-6-4-3-5-7-8;;;;;/h3*3-7H;3*1H3;;. The van der Waals surface area contributed by atoms with Crippen molar-refractivity contribution in [2.45, 2.75) is 14.8 Å². The molecule has 3 aromatic rings. The molecule has 3 aromatic carbocycles. The average molecular weight is 586 g/mol. The number of rotatable bonds is 0. The van der Waals surface area contributed by atoms with E-state index in [1.807, 2.05) is 91.0 Å². The van der Waals surface area contributed by atoms with Crippen LogP contribution in [0.5, 0.6) is 0 Å². The zero-order chi connectivity index (χ0) is 20.7. The van der Waals surface area contributed by atoms with Crippen LogP contribution in [0.25, 0.3) is 0 Å². The maximum absolute atomic E-state index is 3.38. The summed E-state index contributed by atoms with van der Waals surface area (Å²) in [6.45, 7) is 0. The van der Waals surface area contributed by atoms with Crippen LogP contribution in [0.15, 0.2) is 91.0 Å². The second-order valence-electron chi connectivity index (χ2n) is 6.72. The van der Waals surface area contributed by atoms with Gasteiger partial charge in [0.1, 0.15) is 0 Å². The molecular weight excluding hydrogens is 562 g/mol. The Labute approximate surface area is 190 Å².